The van der Waals surface area contributed by atoms with Gasteiger partial charge in [-0.1, -0.05) is 109 Å². The molecule has 12 rings (SSSR count). The molecule has 1 aliphatic rings. The van der Waals surface area contributed by atoms with Crippen molar-refractivity contribution in [1.82, 2.24) is 58.7 Å². The number of aryl methyl sites for hydroxylation is 5. The van der Waals surface area contributed by atoms with E-state index in [9.17, 15) is 69.0 Å². The van der Waals surface area contributed by atoms with Crippen molar-refractivity contribution in [3.05, 3.63) is 250 Å². The molecule has 6 aromatic carbocycles. The van der Waals surface area contributed by atoms with Gasteiger partial charge in [0.25, 0.3) is 5.91 Å². The molecule has 0 atom stereocenters. The van der Waals surface area contributed by atoms with Gasteiger partial charge in [-0.15, -0.1) is 5.76 Å². The van der Waals surface area contributed by atoms with Crippen LogP contribution in [0.4, 0.5) is 5.69 Å². The van der Waals surface area contributed by atoms with Gasteiger partial charge in [-0.25, -0.2) is 23.4 Å². The molecule has 108 heavy (non-hydrogen) atoms. The molecule has 0 saturated heterocycles. The molecule has 0 bridgehead atoms. The standard InChI is InChI=1S/3C24H22N4O4.2C3H7NO.2Tb/c3*1-15-21(23(31)27(25-15)17-9-5-3-6-10-17)19(29)13-14-20(30)22-16(2)26-28(24(22)32)18-11-7-4-8-12-18;2*1-4(2)3-5;;/h2*3-12,31-32H,13-14H2,1-2H3;3-12,29,32H,13-14H2,1-2H3;2*3H,1-2H3;;/q;;;;;2*+3/p-6/b;;21-19-;;;;. The Kier molecular flexibility index (Phi) is 31.8. The Hall–Kier alpha value is -11.1. The number of amides is 3. The van der Waals surface area contributed by atoms with Gasteiger partial charge in [0.05, 0.1) is 102 Å². The summed E-state index contributed by atoms with van der Waals surface area (Å²) in [5.74, 6) is -6.04. The predicted molar refractivity (Wildman–Crippen MR) is 382 cm³/mol. The van der Waals surface area contributed by atoms with Crippen molar-refractivity contribution in [2.24, 2.45) is 5.10 Å². The van der Waals surface area contributed by atoms with Crippen molar-refractivity contribution in [2.75, 3.05) is 33.2 Å². The number of para-hydroxylation sites is 6. The van der Waals surface area contributed by atoms with Gasteiger partial charge >= 0.3 is 77.2 Å². The van der Waals surface area contributed by atoms with E-state index in [0.717, 1.165) is 12.8 Å². The number of nitrogens with zero attached hydrogens (tertiary/aromatic N) is 14. The van der Waals surface area contributed by atoms with E-state index < -0.39 is 70.0 Å². The van der Waals surface area contributed by atoms with Crippen molar-refractivity contribution in [3.8, 4) is 57.8 Å². The first-order valence-corrected chi connectivity index (χ1v) is 33.0. The number of hydrogen-bond donors (Lipinski definition) is 0. The Morgan fingerprint density at radius 2 is 0.528 bits per heavy atom. The second-order valence-corrected chi connectivity index (χ2v) is 24.3. The third-order valence-electron chi connectivity index (χ3n) is 15.9. The van der Waals surface area contributed by atoms with Crippen molar-refractivity contribution < 1.29 is 146 Å². The number of carbonyl (C=O) groups is 8. The number of hydrazone groups is 1. The van der Waals surface area contributed by atoms with Crippen LogP contribution in [0.2, 0.25) is 0 Å². The number of benzene rings is 6. The average molecular weight is 1750 g/mol. The van der Waals surface area contributed by atoms with Gasteiger partial charge in [0, 0.05) is 89.7 Å². The van der Waals surface area contributed by atoms with Gasteiger partial charge in [-0.05, 0) is 121 Å². The molecular formula is C78H74N14O14Tb2. The van der Waals surface area contributed by atoms with Gasteiger partial charge in [-0.2, -0.15) is 35.6 Å². The van der Waals surface area contributed by atoms with Crippen molar-refractivity contribution in [3.63, 3.8) is 0 Å². The Bertz CT molecular complexity index is 4620. The zero-order valence-electron chi connectivity index (χ0n) is 60.4. The fourth-order valence-electron chi connectivity index (χ4n) is 10.9. The number of carbonyl (C=O) groups excluding carboxylic acids is 8. The topological polar surface area (TPSA) is 386 Å². The summed E-state index contributed by atoms with van der Waals surface area (Å²) in [4.78, 5) is 98.3. The Morgan fingerprint density at radius 1 is 0.343 bits per heavy atom. The van der Waals surface area contributed by atoms with Crippen LogP contribution in [0.15, 0.2) is 198 Å². The minimum Gasteiger partial charge on any atom is -0.875 e. The molecule has 28 nitrogen and oxygen atoms in total. The first-order chi connectivity index (χ1) is 50.7. The average Bonchev–Trinajstić information content (AvgIpc) is 1.68. The number of ketones is 5. The zero-order chi connectivity index (χ0) is 77.1. The number of allylic oxidation sites excluding steroid dienone is 1. The summed E-state index contributed by atoms with van der Waals surface area (Å²) >= 11 is 0. The fraction of sp³-hybridized carbons (Fsp3) is 0.205. The molecule has 0 spiro atoms. The maximum absolute atomic E-state index is 12.8. The third-order valence-corrected chi connectivity index (χ3v) is 15.9. The molecule has 1 aliphatic heterocycles. The third kappa shape index (κ3) is 20.9. The normalized spacial score (nSPS) is 11.6. The Balaban J connectivity index is 0.000000236. The molecule has 0 aliphatic carbocycles. The van der Waals surface area contributed by atoms with Crippen LogP contribution in [0, 0.1) is 112 Å². The molecule has 5 aromatic heterocycles. The van der Waals surface area contributed by atoms with E-state index >= 15 is 0 Å². The SMILES string of the molecule is CC1=NN(c2ccccc2)C(=O)/C1=C(\[O-])CCC(=O)c1c(C)nn(-c2ccccc2)c1[O-].CN(C)C=O.CN(C)C=O.Cc1nn(-c2ccccc2)c([O-])c1C(=O)CCC(=O)c1c(C)nn(-c2ccccc2)c1[O-].Cc1nn(-c2ccccc2)c([O-])c1C(=O)CCC(=O)c1c(C)nn(-c2ccccc2)c1[O-].[Tb+3].[Tb+3]. The second kappa shape index (κ2) is 40.0. The van der Waals surface area contributed by atoms with E-state index in [1.807, 2.05) is 36.4 Å². The van der Waals surface area contributed by atoms with E-state index in [4.69, 9.17) is 0 Å². The van der Waals surface area contributed by atoms with Crippen LogP contribution in [-0.4, -0.2) is 140 Å². The first kappa shape index (κ1) is 85.8. The van der Waals surface area contributed by atoms with Crippen LogP contribution in [-0.2, 0) is 14.4 Å². The Labute approximate surface area is 683 Å². The molecule has 6 heterocycles. The number of rotatable bonds is 22. The maximum Gasteiger partial charge on any atom is 3.00 e. The van der Waals surface area contributed by atoms with Gasteiger partial charge in [-0.3, -0.25) is 38.4 Å². The van der Waals surface area contributed by atoms with Gasteiger partial charge in [0.1, 0.15) is 0 Å². The van der Waals surface area contributed by atoms with E-state index in [2.05, 4.69) is 30.6 Å². The molecule has 0 radical (unpaired) electrons. The smallest absolute Gasteiger partial charge is 0.875 e. The Morgan fingerprint density at radius 3 is 0.722 bits per heavy atom. The second-order valence-electron chi connectivity index (χ2n) is 24.3. The number of aromatic nitrogens is 10. The summed E-state index contributed by atoms with van der Waals surface area (Å²) in [7, 11) is 6.75. The largest absolute Gasteiger partial charge is 3.00 e. The van der Waals surface area contributed by atoms with Crippen LogP contribution in [0.25, 0.3) is 28.4 Å². The number of Topliss-reactive ketones (excluding diaryl/α,β-unsaturated/α-hetero) is 5. The molecule has 0 fully saturated rings. The molecule has 0 N–H and O–H groups in total. The monoisotopic (exact) mass is 1750 g/mol. The summed E-state index contributed by atoms with van der Waals surface area (Å²) < 4.78 is 5.87. The van der Waals surface area contributed by atoms with Crippen LogP contribution in [0.5, 0.6) is 29.4 Å². The maximum atomic E-state index is 12.8. The molecule has 11 aromatic rings. The van der Waals surface area contributed by atoms with Gasteiger partial charge in [0.2, 0.25) is 12.8 Å². The number of hydrogen-bond acceptors (Lipinski definition) is 20. The zero-order valence-corrected chi connectivity index (χ0v) is 64.6. The van der Waals surface area contributed by atoms with Crippen LogP contribution >= 0.6 is 0 Å². The summed E-state index contributed by atoms with van der Waals surface area (Å²) in [6.07, 6.45) is 0.279. The van der Waals surface area contributed by atoms with Crippen molar-refractivity contribution in [1.29, 1.82) is 0 Å². The minimum absolute atomic E-state index is 0. The fourth-order valence-corrected chi connectivity index (χ4v) is 10.9. The summed E-state index contributed by atoms with van der Waals surface area (Å²) in [5.41, 5.74) is 4.86. The molecule has 0 saturated carbocycles. The molecule has 558 valence electrons. The molecular weight excluding hydrogens is 1670 g/mol. The summed E-state index contributed by atoms with van der Waals surface area (Å²) in [6, 6.07) is 52.7. The van der Waals surface area contributed by atoms with Crippen LogP contribution in [0.1, 0.15) is 126 Å². The van der Waals surface area contributed by atoms with Gasteiger partial charge in [0.15, 0.2) is 28.9 Å². The predicted octanol–water partition coefficient (Wildman–Crippen LogP) is 7.00. The number of anilines is 1. The molecule has 0 unspecified atom stereocenters. The van der Waals surface area contributed by atoms with Crippen molar-refractivity contribution in [2.45, 2.75) is 80.1 Å². The van der Waals surface area contributed by atoms with E-state index in [1.165, 1.54) is 38.2 Å². The first-order valence-electron chi connectivity index (χ1n) is 33.0. The van der Waals surface area contributed by atoms with Crippen LogP contribution in [0.3, 0.4) is 0 Å². The van der Waals surface area contributed by atoms with E-state index in [1.54, 1.807) is 215 Å². The van der Waals surface area contributed by atoms with Gasteiger partial charge < -0.3 is 40.4 Å². The quantitative estimate of drug-likeness (QED) is 0.0285. The van der Waals surface area contributed by atoms with Crippen molar-refractivity contribution >= 4 is 59.0 Å². The molecule has 3 amide bonds. The van der Waals surface area contributed by atoms with E-state index in [0.29, 0.717) is 68.3 Å². The van der Waals surface area contributed by atoms with E-state index in [-0.39, 0.29) is 149 Å². The minimum atomic E-state index is -0.524. The van der Waals surface area contributed by atoms with Crippen LogP contribution < -0.4 is 35.6 Å². The summed E-state index contributed by atoms with van der Waals surface area (Å²) in [6.45, 7) is 9.50. The molecule has 30 heteroatoms. The summed E-state index contributed by atoms with van der Waals surface area (Å²) in [5, 5.41) is 103.